The molecule has 0 aliphatic heterocycles. The molecule has 4 N–H and O–H groups in total. The second-order valence-corrected chi connectivity index (χ2v) is 6.43. The molecule has 29 heavy (non-hydrogen) atoms. The Morgan fingerprint density at radius 2 is 1.97 bits per heavy atom. The van der Waals surface area contributed by atoms with Gasteiger partial charge in [-0.2, -0.15) is 0 Å². The summed E-state index contributed by atoms with van der Waals surface area (Å²) in [6, 6.07) is 15.0. The number of likely N-dealkylation sites (N-methyl/N-ethyl adjacent to an activating group) is 1. The van der Waals surface area contributed by atoms with Crippen molar-refractivity contribution in [2.24, 2.45) is 5.73 Å². The molecule has 1 aromatic heterocycles. The highest BCUT2D eigenvalue weighted by Crippen LogP contribution is 2.28. The van der Waals surface area contributed by atoms with E-state index in [1.54, 1.807) is 43.4 Å². The predicted octanol–water partition coefficient (Wildman–Crippen LogP) is 2.36. The van der Waals surface area contributed by atoms with Crippen LogP contribution in [0.2, 0.25) is 0 Å². The molecule has 0 bridgehead atoms. The third-order valence-electron chi connectivity index (χ3n) is 4.40. The van der Waals surface area contributed by atoms with Crippen LogP contribution in [0.5, 0.6) is 0 Å². The van der Waals surface area contributed by atoms with Crippen molar-refractivity contribution in [3.8, 4) is 11.3 Å². The predicted molar refractivity (Wildman–Crippen MR) is 111 cm³/mol. The molecular weight excluding hydrogens is 370 g/mol. The fraction of sp³-hybridized carbons (Fsp3) is 0.190. The second kappa shape index (κ2) is 9.03. The van der Waals surface area contributed by atoms with Crippen LogP contribution in [0.15, 0.2) is 59.1 Å². The van der Waals surface area contributed by atoms with Crippen LogP contribution in [0, 0.1) is 0 Å². The van der Waals surface area contributed by atoms with Crippen LogP contribution in [0.25, 0.3) is 11.3 Å². The molecule has 3 aromatic rings. The summed E-state index contributed by atoms with van der Waals surface area (Å²) in [5.41, 5.74) is 8.40. The SMILES string of the molecule is CNC(=O)c1cccc(Nc2ncc(-c3ccccc3CN(C)C(=O)CN)o2)c1. The number of hydrogen-bond donors (Lipinski definition) is 3. The largest absolute Gasteiger partial charge is 0.423 e. The Labute approximate surface area is 168 Å². The topological polar surface area (TPSA) is 113 Å². The third kappa shape index (κ3) is 4.80. The molecule has 0 radical (unpaired) electrons. The lowest BCUT2D eigenvalue weighted by molar-refractivity contribution is -0.128. The molecule has 0 atom stereocenters. The molecule has 0 aliphatic carbocycles. The monoisotopic (exact) mass is 393 g/mol. The van der Waals surface area contributed by atoms with E-state index in [0.29, 0.717) is 29.6 Å². The third-order valence-corrected chi connectivity index (χ3v) is 4.40. The van der Waals surface area contributed by atoms with Crippen LogP contribution in [0.3, 0.4) is 0 Å². The van der Waals surface area contributed by atoms with Gasteiger partial charge in [-0.1, -0.05) is 30.3 Å². The van der Waals surface area contributed by atoms with Crippen molar-refractivity contribution >= 4 is 23.5 Å². The lowest BCUT2D eigenvalue weighted by Gasteiger charge is -2.17. The van der Waals surface area contributed by atoms with Crippen LogP contribution in [0.4, 0.5) is 11.7 Å². The number of rotatable bonds is 7. The van der Waals surface area contributed by atoms with Crippen LogP contribution in [-0.4, -0.2) is 42.3 Å². The van der Waals surface area contributed by atoms with Crippen LogP contribution in [0.1, 0.15) is 15.9 Å². The van der Waals surface area contributed by atoms with E-state index < -0.39 is 0 Å². The molecule has 0 unspecified atom stereocenters. The molecule has 0 aliphatic rings. The molecule has 150 valence electrons. The molecule has 3 rings (SSSR count). The number of anilines is 2. The quantitative estimate of drug-likeness (QED) is 0.568. The Kier molecular flexibility index (Phi) is 6.25. The maximum Gasteiger partial charge on any atom is 0.299 e. The van der Waals surface area contributed by atoms with Gasteiger partial charge in [-0.15, -0.1) is 0 Å². The van der Waals surface area contributed by atoms with Crippen LogP contribution < -0.4 is 16.4 Å². The molecule has 0 saturated heterocycles. The van der Waals surface area contributed by atoms with Crippen molar-refractivity contribution in [2.45, 2.75) is 6.54 Å². The van der Waals surface area contributed by atoms with Crippen molar-refractivity contribution in [2.75, 3.05) is 26.0 Å². The van der Waals surface area contributed by atoms with Gasteiger partial charge in [0, 0.05) is 37.5 Å². The van der Waals surface area contributed by atoms with E-state index in [0.717, 1.165) is 11.1 Å². The number of hydrogen-bond acceptors (Lipinski definition) is 6. The van der Waals surface area contributed by atoms with E-state index in [2.05, 4.69) is 15.6 Å². The molecule has 0 fully saturated rings. The van der Waals surface area contributed by atoms with Crippen molar-refractivity contribution in [3.05, 3.63) is 65.9 Å². The number of carbonyl (C=O) groups excluding carboxylic acids is 2. The number of amides is 2. The van der Waals surface area contributed by atoms with Crippen molar-refractivity contribution in [1.29, 1.82) is 0 Å². The zero-order chi connectivity index (χ0) is 20.8. The molecule has 2 amide bonds. The lowest BCUT2D eigenvalue weighted by atomic mass is 10.1. The lowest BCUT2D eigenvalue weighted by Crippen LogP contribution is -2.32. The summed E-state index contributed by atoms with van der Waals surface area (Å²) in [4.78, 5) is 29.4. The molecule has 0 spiro atoms. The van der Waals surface area contributed by atoms with Gasteiger partial charge >= 0.3 is 0 Å². The van der Waals surface area contributed by atoms with Crippen molar-refractivity contribution in [3.63, 3.8) is 0 Å². The first-order chi connectivity index (χ1) is 14.0. The zero-order valence-corrected chi connectivity index (χ0v) is 16.3. The van der Waals surface area contributed by atoms with E-state index in [1.807, 2.05) is 30.3 Å². The average Bonchev–Trinajstić information content (AvgIpc) is 3.21. The molecule has 8 nitrogen and oxygen atoms in total. The Morgan fingerprint density at radius 3 is 2.72 bits per heavy atom. The number of benzene rings is 2. The van der Waals surface area contributed by atoms with E-state index in [4.69, 9.17) is 10.2 Å². The van der Waals surface area contributed by atoms with Gasteiger partial charge in [0.2, 0.25) is 5.91 Å². The summed E-state index contributed by atoms with van der Waals surface area (Å²) in [5, 5.41) is 5.65. The van der Waals surface area contributed by atoms with Crippen molar-refractivity contribution < 1.29 is 14.0 Å². The number of nitrogens with zero attached hydrogens (tertiary/aromatic N) is 2. The Bertz CT molecular complexity index is 1010. The minimum atomic E-state index is -0.174. The van der Waals surface area contributed by atoms with E-state index in [9.17, 15) is 9.59 Å². The summed E-state index contributed by atoms with van der Waals surface area (Å²) in [6.07, 6.45) is 1.62. The maximum atomic E-state index is 11.8. The van der Waals surface area contributed by atoms with Crippen LogP contribution >= 0.6 is 0 Å². The normalized spacial score (nSPS) is 10.4. The standard InChI is InChI=1S/C21H23N5O3/c1-23-20(28)14-7-5-8-16(10-14)25-21-24-12-18(29-21)17-9-4-3-6-15(17)13-26(2)19(27)11-22/h3-10,12H,11,13,22H2,1-2H3,(H,23,28)(H,24,25). The maximum absolute atomic E-state index is 11.8. The highest BCUT2D eigenvalue weighted by Gasteiger charge is 2.14. The summed E-state index contributed by atoms with van der Waals surface area (Å²) in [5.74, 6) is 0.252. The zero-order valence-electron chi connectivity index (χ0n) is 16.3. The molecule has 8 heteroatoms. The Hall–Kier alpha value is -3.65. The number of nitrogens with one attached hydrogen (secondary N) is 2. The number of oxazole rings is 1. The first-order valence-electron chi connectivity index (χ1n) is 9.09. The minimum absolute atomic E-state index is 0.0375. The van der Waals surface area contributed by atoms with E-state index >= 15 is 0 Å². The van der Waals surface area contributed by atoms with Gasteiger partial charge in [-0.05, 0) is 23.8 Å². The molecule has 1 heterocycles. The van der Waals surface area contributed by atoms with Gasteiger partial charge in [0.15, 0.2) is 5.76 Å². The number of aromatic nitrogens is 1. The second-order valence-electron chi connectivity index (χ2n) is 6.43. The Balaban J connectivity index is 1.80. The van der Waals surface area contributed by atoms with Crippen LogP contribution in [-0.2, 0) is 11.3 Å². The summed E-state index contributed by atoms with van der Waals surface area (Å²) in [7, 11) is 3.29. The van der Waals surface area contributed by atoms with Gasteiger partial charge < -0.3 is 25.7 Å². The average molecular weight is 393 g/mol. The van der Waals surface area contributed by atoms with Gasteiger partial charge in [-0.25, -0.2) is 4.98 Å². The fourth-order valence-corrected chi connectivity index (χ4v) is 2.86. The summed E-state index contributed by atoms with van der Waals surface area (Å²) < 4.78 is 5.86. The van der Waals surface area contributed by atoms with Crippen molar-refractivity contribution in [1.82, 2.24) is 15.2 Å². The van der Waals surface area contributed by atoms with Gasteiger partial charge in [0.25, 0.3) is 11.9 Å². The first kappa shape index (κ1) is 20.1. The van der Waals surface area contributed by atoms with E-state index in [1.165, 1.54) is 0 Å². The van der Waals surface area contributed by atoms with E-state index in [-0.39, 0.29) is 18.4 Å². The minimum Gasteiger partial charge on any atom is -0.423 e. The smallest absolute Gasteiger partial charge is 0.299 e. The van der Waals surface area contributed by atoms with Gasteiger partial charge in [0.1, 0.15) is 0 Å². The molecular formula is C21H23N5O3. The molecule has 2 aromatic carbocycles. The highest BCUT2D eigenvalue weighted by atomic mass is 16.4. The van der Waals surface area contributed by atoms with Gasteiger partial charge in [0.05, 0.1) is 12.7 Å². The first-order valence-corrected chi connectivity index (χ1v) is 9.09. The Morgan fingerprint density at radius 1 is 1.17 bits per heavy atom. The van der Waals surface area contributed by atoms with Gasteiger partial charge in [-0.3, -0.25) is 9.59 Å². The molecule has 0 saturated carbocycles. The summed E-state index contributed by atoms with van der Waals surface area (Å²) >= 11 is 0. The fourth-order valence-electron chi connectivity index (χ4n) is 2.86. The highest BCUT2D eigenvalue weighted by molar-refractivity contribution is 5.95. The summed E-state index contributed by atoms with van der Waals surface area (Å²) in [6.45, 7) is 0.369. The number of nitrogens with two attached hydrogens (primary N) is 1. The number of carbonyl (C=O) groups is 2.